The van der Waals surface area contributed by atoms with E-state index in [1.54, 1.807) is 0 Å². The molecule has 0 aliphatic heterocycles. The van der Waals surface area contributed by atoms with Gasteiger partial charge in [0, 0.05) is 17.1 Å². The van der Waals surface area contributed by atoms with Crippen molar-refractivity contribution in [2.24, 2.45) is 5.92 Å². The Balaban J connectivity index is 2.81. The van der Waals surface area contributed by atoms with Gasteiger partial charge in [0.15, 0.2) is 0 Å². The van der Waals surface area contributed by atoms with Crippen LogP contribution in [0.3, 0.4) is 0 Å². The molecule has 1 rings (SSSR count). The van der Waals surface area contributed by atoms with Crippen LogP contribution in [0.5, 0.6) is 5.75 Å². The summed E-state index contributed by atoms with van der Waals surface area (Å²) >= 11 is 6.20. The molecule has 0 bridgehead atoms. The highest BCUT2D eigenvalue weighted by Gasteiger charge is 2.19. The normalized spacial score (nSPS) is 13.7. The van der Waals surface area contributed by atoms with Crippen LogP contribution < -0.4 is 10.1 Å². The Labute approximate surface area is 128 Å². The first-order valence-electron chi connectivity index (χ1n) is 7.28. The van der Waals surface area contributed by atoms with Crippen molar-refractivity contribution in [3.63, 3.8) is 0 Å². The molecular formula is C17H28ClNO. The molecule has 1 atom stereocenters. The summed E-state index contributed by atoms with van der Waals surface area (Å²) in [4.78, 5) is 0. The van der Waals surface area contributed by atoms with Crippen LogP contribution in [0.1, 0.15) is 45.7 Å². The molecule has 114 valence electrons. The largest absolute Gasteiger partial charge is 0.489 e. The maximum atomic E-state index is 6.20. The lowest BCUT2D eigenvalue weighted by Gasteiger charge is -2.28. The Morgan fingerprint density at radius 2 is 1.65 bits per heavy atom. The average Bonchev–Trinajstić information content (AvgIpc) is 2.29. The molecule has 0 aromatic heterocycles. The van der Waals surface area contributed by atoms with Crippen molar-refractivity contribution in [1.29, 1.82) is 0 Å². The van der Waals surface area contributed by atoms with Gasteiger partial charge in [0.25, 0.3) is 0 Å². The lowest BCUT2D eigenvalue weighted by atomic mass is 10.0. The quantitative estimate of drug-likeness (QED) is 0.847. The molecule has 0 saturated carbocycles. The van der Waals surface area contributed by atoms with Crippen molar-refractivity contribution in [2.45, 2.75) is 60.1 Å². The van der Waals surface area contributed by atoms with Crippen LogP contribution in [0.15, 0.2) is 12.1 Å². The van der Waals surface area contributed by atoms with Crippen molar-refractivity contribution in [2.75, 3.05) is 6.54 Å². The van der Waals surface area contributed by atoms with E-state index in [4.69, 9.17) is 16.3 Å². The zero-order valence-corrected chi connectivity index (χ0v) is 14.6. The SMILES string of the molecule is Cc1cc(OC(CNC(C)(C)C)C(C)C)cc(C)c1Cl. The summed E-state index contributed by atoms with van der Waals surface area (Å²) in [5, 5.41) is 4.34. The number of halogens is 1. The molecule has 2 nitrogen and oxygen atoms in total. The van der Waals surface area contributed by atoms with Gasteiger partial charge >= 0.3 is 0 Å². The molecule has 0 spiro atoms. The lowest BCUT2D eigenvalue weighted by molar-refractivity contribution is 0.139. The summed E-state index contributed by atoms with van der Waals surface area (Å²) in [5.74, 6) is 1.35. The number of hydrogen-bond acceptors (Lipinski definition) is 2. The van der Waals surface area contributed by atoms with Crippen molar-refractivity contribution in [3.8, 4) is 5.75 Å². The zero-order valence-electron chi connectivity index (χ0n) is 13.8. The summed E-state index contributed by atoms with van der Waals surface area (Å²) in [6.07, 6.45) is 0.147. The number of hydrogen-bond donors (Lipinski definition) is 1. The zero-order chi connectivity index (χ0) is 15.5. The molecule has 20 heavy (non-hydrogen) atoms. The van der Waals surface area contributed by atoms with E-state index in [0.29, 0.717) is 5.92 Å². The molecule has 0 aliphatic rings. The van der Waals surface area contributed by atoms with E-state index in [9.17, 15) is 0 Å². The molecule has 1 aromatic carbocycles. The maximum absolute atomic E-state index is 6.20. The fourth-order valence-corrected chi connectivity index (χ4v) is 2.08. The van der Waals surface area contributed by atoms with Crippen molar-refractivity contribution in [3.05, 3.63) is 28.3 Å². The molecule has 0 amide bonds. The first-order valence-corrected chi connectivity index (χ1v) is 7.66. The molecular weight excluding hydrogens is 270 g/mol. The summed E-state index contributed by atoms with van der Waals surface area (Å²) in [6, 6.07) is 4.03. The topological polar surface area (TPSA) is 21.3 Å². The van der Waals surface area contributed by atoms with Gasteiger partial charge < -0.3 is 10.1 Å². The summed E-state index contributed by atoms with van der Waals surface area (Å²) < 4.78 is 6.17. The van der Waals surface area contributed by atoms with E-state index >= 15 is 0 Å². The third-order valence-electron chi connectivity index (χ3n) is 3.27. The van der Waals surface area contributed by atoms with Gasteiger partial charge in [0.2, 0.25) is 0 Å². The van der Waals surface area contributed by atoms with Crippen LogP contribution in [0.25, 0.3) is 0 Å². The lowest BCUT2D eigenvalue weighted by Crippen LogP contribution is -2.44. The van der Waals surface area contributed by atoms with Crippen molar-refractivity contribution < 1.29 is 4.74 Å². The summed E-state index contributed by atoms with van der Waals surface area (Å²) in [5.41, 5.74) is 2.23. The second-order valence-electron chi connectivity index (χ2n) is 6.90. The molecule has 0 saturated heterocycles. The molecule has 1 N–H and O–H groups in total. The van der Waals surface area contributed by atoms with E-state index in [1.165, 1.54) is 0 Å². The molecule has 0 heterocycles. The van der Waals surface area contributed by atoms with Gasteiger partial charge in [-0.25, -0.2) is 0 Å². The number of nitrogens with one attached hydrogen (secondary N) is 1. The fourth-order valence-electron chi connectivity index (χ4n) is 1.97. The standard InChI is InChI=1S/C17H28ClNO/c1-11(2)15(10-19-17(5,6)7)20-14-8-12(3)16(18)13(4)9-14/h8-9,11,15,19H,10H2,1-7H3. The van der Waals surface area contributed by atoms with E-state index < -0.39 is 0 Å². The fraction of sp³-hybridized carbons (Fsp3) is 0.647. The Kier molecular flexibility index (Phi) is 5.91. The van der Waals surface area contributed by atoms with Gasteiger partial charge in [-0.05, 0) is 63.8 Å². The monoisotopic (exact) mass is 297 g/mol. The Hall–Kier alpha value is -0.730. The Bertz CT molecular complexity index is 426. The first-order chi connectivity index (χ1) is 9.10. The molecule has 0 radical (unpaired) electrons. The Morgan fingerprint density at radius 1 is 1.15 bits per heavy atom. The van der Waals surface area contributed by atoms with E-state index in [0.717, 1.165) is 28.4 Å². The predicted octanol–water partition coefficient (Wildman–Crippen LogP) is 4.75. The van der Waals surface area contributed by atoms with Crippen molar-refractivity contribution in [1.82, 2.24) is 5.32 Å². The summed E-state index contributed by atoms with van der Waals surface area (Å²) in [6.45, 7) is 15.7. The smallest absolute Gasteiger partial charge is 0.120 e. The molecule has 1 aromatic rings. The van der Waals surface area contributed by atoms with Crippen LogP contribution in [0, 0.1) is 19.8 Å². The third-order valence-corrected chi connectivity index (χ3v) is 3.87. The van der Waals surface area contributed by atoms with E-state index in [1.807, 2.05) is 26.0 Å². The van der Waals surface area contributed by atoms with Crippen LogP contribution in [-0.4, -0.2) is 18.2 Å². The second-order valence-corrected chi connectivity index (χ2v) is 7.28. The number of benzene rings is 1. The van der Waals surface area contributed by atoms with Gasteiger partial charge in [-0.15, -0.1) is 0 Å². The third kappa shape index (κ3) is 5.34. The highest BCUT2D eigenvalue weighted by molar-refractivity contribution is 6.32. The van der Waals surface area contributed by atoms with E-state index in [-0.39, 0.29) is 11.6 Å². The van der Waals surface area contributed by atoms with Crippen molar-refractivity contribution >= 4 is 11.6 Å². The molecule has 1 unspecified atom stereocenters. The van der Waals surface area contributed by atoms with Crippen LogP contribution in [-0.2, 0) is 0 Å². The van der Waals surface area contributed by atoms with Crippen LogP contribution >= 0.6 is 11.6 Å². The van der Waals surface area contributed by atoms with Gasteiger partial charge in [0.05, 0.1) is 0 Å². The number of aryl methyl sites for hydroxylation is 2. The van der Waals surface area contributed by atoms with Gasteiger partial charge in [-0.1, -0.05) is 25.4 Å². The predicted molar refractivity (Wildman–Crippen MR) is 87.9 cm³/mol. The number of rotatable bonds is 5. The van der Waals surface area contributed by atoms with E-state index in [2.05, 4.69) is 39.9 Å². The van der Waals surface area contributed by atoms with Crippen LogP contribution in [0.2, 0.25) is 5.02 Å². The Morgan fingerprint density at radius 3 is 2.05 bits per heavy atom. The first kappa shape index (κ1) is 17.3. The highest BCUT2D eigenvalue weighted by atomic mass is 35.5. The minimum atomic E-state index is 0.0995. The summed E-state index contributed by atoms with van der Waals surface area (Å²) in [7, 11) is 0. The molecule has 0 aliphatic carbocycles. The number of ether oxygens (including phenoxy) is 1. The van der Waals surface area contributed by atoms with Crippen LogP contribution in [0.4, 0.5) is 0 Å². The minimum Gasteiger partial charge on any atom is -0.489 e. The molecule has 0 fully saturated rings. The highest BCUT2D eigenvalue weighted by Crippen LogP contribution is 2.27. The second kappa shape index (κ2) is 6.82. The van der Waals surface area contributed by atoms with Gasteiger partial charge in [0.1, 0.15) is 11.9 Å². The molecule has 3 heteroatoms. The minimum absolute atomic E-state index is 0.0995. The van der Waals surface area contributed by atoms with Gasteiger partial charge in [-0.2, -0.15) is 0 Å². The maximum Gasteiger partial charge on any atom is 0.120 e. The average molecular weight is 298 g/mol. The van der Waals surface area contributed by atoms with Gasteiger partial charge in [-0.3, -0.25) is 0 Å².